The lowest BCUT2D eigenvalue weighted by molar-refractivity contribution is -0.0672. The van der Waals surface area contributed by atoms with Crippen molar-refractivity contribution in [3.63, 3.8) is 0 Å². The summed E-state index contributed by atoms with van der Waals surface area (Å²) in [4.78, 5) is 4.79. The van der Waals surface area contributed by atoms with E-state index < -0.39 is 5.60 Å². The predicted octanol–water partition coefficient (Wildman–Crippen LogP) is 0.554. The fourth-order valence-corrected chi connectivity index (χ4v) is 2.79. The molecule has 1 N–H and O–H groups in total. The highest BCUT2D eigenvalue weighted by atomic mass is 16.5. The maximum absolute atomic E-state index is 10.6. The minimum Gasteiger partial charge on any atom is -0.388 e. The molecule has 2 fully saturated rings. The standard InChI is InChI=1S/C13H26N2O2/c1-12(2)15-5-3-13(16,4-6-15)11-14-7-9-17-10-8-14/h12,16H,3-11H2,1-2H3. The Kier molecular flexibility index (Phi) is 4.42. The van der Waals surface area contributed by atoms with E-state index in [0.717, 1.165) is 58.8 Å². The predicted molar refractivity (Wildman–Crippen MR) is 68.2 cm³/mol. The first-order valence-corrected chi connectivity index (χ1v) is 6.86. The van der Waals surface area contributed by atoms with Gasteiger partial charge < -0.3 is 14.7 Å². The summed E-state index contributed by atoms with van der Waals surface area (Å²) in [6.07, 6.45) is 1.81. The van der Waals surface area contributed by atoms with Gasteiger partial charge in [0.1, 0.15) is 0 Å². The first-order valence-electron chi connectivity index (χ1n) is 6.86. The number of likely N-dealkylation sites (tertiary alicyclic amines) is 1. The minimum absolute atomic E-state index is 0.470. The highest BCUT2D eigenvalue weighted by Gasteiger charge is 2.34. The van der Waals surface area contributed by atoms with E-state index in [1.807, 2.05) is 0 Å². The number of morpholine rings is 1. The van der Waals surface area contributed by atoms with Crippen molar-refractivity contribution in [2.45, 2.75) is 38.3 Å². The van der Waals surface area contributed by atoms with E-state index in [1.54, 1.807) is 0 Å². The molecular weight excluding hydrogens is 216 g/mol. The van der Waals surface area contributed by atoms with Gasteiger partial charge in [-0.1, -0.05) is 0 Å². The Bertz CT molecular complexity index is 232. The topological polar surface area (TPSA) is 35.9 Å². The van der Waals surface area contributed by atoms with Crippen LogP contribution in [0.5, 0.6) is 0 Å². The number of aliphatic hydroxyl groups is 1. The van der Waals surface area contributed by atoms with Gasteiger partial charge in [-0.2, -0.15) is 0 Å². The molecule has 0 aliphatic carbocycles. The molecule has 0 amide bonds. The van der Waals surface area contributed by atoms with Crippen LogP contribution in [0.15, 0.2) is 0 Å². The molecule has 0 aromatic carbocycles. The molecule has 4 nitrogen and oxygen atoms in total. The van der Waals surface area contributed by atoms with Crippen molar-refractivity contribution in [2.24, 2.45) is 0 Å². The lowest BCUT2D eigenvalue weighted by Crippen LogP contribution is -2.53. The Morgan fingerprint density at radius 1 is 1.12 bits per heavy atom. The van der Waals surface area contributed by atoms with Crippen LogP contribution in [0.25, 0.3) is 0 Å². The van der Waals surface area contributed by atoms with Gasteiger partial charge in [0.05, 0.1) is 18.8 Å². The Morgan fingerprint density at radius 2 is 1.71 bits per heavy atom. The first-order chi connectivity index (χ1) is 8.09. The Balaban J connectivity index is 1.80. The van der Waals surface area contributed by atoms with Crippen LogP contribution in [0.4, 0.5) is 0 Å². The van der Waals surface area contributed by atoms with Crippen LogP contribution in [-0.2, 0) is 4.74 Å². The highest BCUT2D eigenvalue weighted by Crippen LogP contribution is 2.24. The molecule has 0 aromatic rings. The molecule has 2 rings (SSSR count). The van der Waals surface area contributed by atoms with E-state index in [-0.39, 0.29) is 0 Å². The summed E-state index contributed by atoms with van der Waals surface area (Å²) in [6.45, 7) is 10.9. The molecule has 0 atom stereocenters. The Morgan fingerprint density at radius 3 is 2.24 bits per heavy atom. The van der Waals surface area contributed by atoms with Crippen LogP contribution in [-0.4, -0.2) is 72.5 Å². The molecule has 0 saturated carbocycles. The molecule has 2 heterocycles. The van der Waals surface area contributed by atoms with Crippen LogP contribution in [0.2, 0.25) is 0 Å². The van der Waals surface area contributed by atoms with Crippen LogP contribution in [0, 0.1) is 0 Å². The molecule has 0 bridgehead atoms. The molecule has 100 valence electrons. The second-order valence-corrected chi connectivity index (χ2v) is 5.74. The average Bonchev–Trinajstić information content (AvgIpc) is 2.30. The molecule has 2 saturated heterocycles. The zero-order valence-electron chi connectivity index (χ0n) is 11.2. The number of hydrogen-bond donors (Lipinski definition) is 1. The van der Waals surface area contributed by atoms with Gasteiger partial charge in [0.2, 0.25) is 0 Å². The van der Waals surface area contributed by atoms with Gasteiger partial charge in [0.15, 0.2) is 0 Å². The Labute approximate surface area is 105 Å². The molecule has 4 heteroatoms. The van der Waals surface area contributed by atoms with E-state index in [4.69, 9.17) is 4.74 Å². The van der Waals surface area contributed by atoms with E-state index in [1.165, 1.54) is 0 Å². The molecule has 2 aliphatic heterocycles. The van der Waals surface area contributed by atoms with E-state index in [0.29, 0.717) is 6.04 Å². The number of rotatable bonds is 3. The molecule has 0 unspecified atom stereocenters. The van der Waals surface area contributed by atoms with E-state index >= 15 is 0 Å². The van der Waals surface area contributed by atoms with Crippen molar-refractivity contribution in [3.8, 4) is 0 Å². The summed E-state index contributed by atoms with van der Waals surface area (Å²) in [5, 5.41) is 10.6. The normalized spacial score (nSPS) is 27.5. The third-order valence-electron chi connectivity index (χ3n) is 4.08. The zero-order valence-corrected chi connectivity index (χ0v) is 11.2. The maximum Gasteiger partial charge on any atom is 0.0798 e. The fourth-order valence-electron chi connectivity index (χ4n) is 2.79. The highest BCUT2D eigenvalue weighted by molar-refractivity contribution is 4.89. The van der Waals surface area contributed by atoms with Crippen molar-refractivity contribution >= 4 is 0 Å². The van der Waals surface area contributed by atoms with Crippen molar-refractivity contribution in [3.05, 3.63) is 0 Å². The third kappa shape index (κ3) is 3.65. The average molecular weight is 242 g/mol. The second-order valence-electron chi connectivity index (χ2n) is 5.74. The smallest absolute Gasteiger partial charge is 0.0798 e. The summed E-state index contributed by atoms with van der Waals surface area (Å²) < 4.78 is 5.34. The Hall–Kier alpha value is -0.160. The van der Waals surface area contributed by atoms with E-state index in [9.17, 15) is 5.11 Å². The number of nitrogens with zero attached hydrogens (tertiary/aromatic N) is 2. The summed E-state index contributed by atoms with van der Waals surface area (Å²) in [7, 11) is 0. The summed E-state index contributed by atoms with van der Waals surface area (Å²) in [6, 6.07) is 0.600. The van der Waals surface area contributed by atoms with Gasteiger partial charge in [-0.05, 0) is 26.7 Å². The zero-order chi connectivity index (χ0) is 12.3. The quantitative estimate of drug-likeness (QED) is 0.784. The summed E-state index contributed by atoms with van der Waals surface area (Å²) >= 11 is 0. The fraction of sp³-hybridized carbons (Fsp3) is 1.00. The van der Waals surface area contributed by atoms with Crippen molar-refractivity contribution in [2.75, 3.05) is 45.9 Å². The van der Waals surface area contributed by atoms with E-state index in [2.05, 4.69) is 23.6 Å². The van der Waals surface area contributed by atoms with Crippen molar-refractivity contribution in [1.82, 2.24) is 9.80 Å². The molecular formula is C13H26N2O2. The van der Waals surface area contributed by atoms with Gasteiger partial charge in [-0.15, -0.1) is 0 Å². The second kappa shape index (κ2) is 5.65. The van der Waals surface area contributed by atoms with Crippen LogP contribution in [0.1, 0.15) is 26.7 Å². The van der Waals surface area contributed by atoms with Crippen LogP contribution in [0.3, 0.4) is 0 Å². The summed E-state index contributed by atoms with van der Waals surface area (Å²) in [5.41, 5.74) is -0.470. The van der Waals surface area contributed by atoms with Gasteiger partial charge in [-0.25, -0.2) is 0 Å². The molecule has 0 spiro atoms. The number of ether oxygens (including phenoxy) is 1. The van der Waals surface area contributed by atoms with Crippen molar-refractivity contribution < 1.29 is 9.84 Å². The van der Waals surface area contributed by atoms with Crippen LogP contribution < -0.4 is 0 Å². The summed E-state index contributed by atoms with van der Waals surface area (Å²) in [5.74, 6) is 0. The number of β-amino-alcohol motifs (C(OH)–C–C–N with tert-alkyl or cyclic N) is 1. The lowest BCUT2D eigenvalue weighted by atomic mass is 9.90. The minimum atomic E-state index is -0.470. The van der Waals surface area contributed by atoms with Gasteiger partial charge in [0, 0.05) is 38.8 Å². The molecule has 0 radical (unpaired) electrons. The van der Waals surface area contributed by atoms with Gasteiger partial charge >= 0.3 is 0 Å². The largest absolute Gasteiger partial charge is 0.388 e. The first kappa shape index (κ1) is 13.3. The van der Waals surface area contributed by atoms with Crippen molar-refractivity contribution in [1.29, 1.82) is 0 Å². The number of piperidine rings is 1. The molecule has 2 aliphatic rings. The molecule has 17 heavy (non-hydrogen) atoms. The maximum atomic E-state index is 10.6. The third-order valence-corrected chi connectivity index (χ3v) is 4.08. The SMILES string of the molecule is CC(C)N1CCC(O)(CN2CCOCC2)CC1. The van der Waals surface area contributed by atoms with Gasteiger partial charge in [0.25, 0.3) is 0 Å². The van der Waals surface area contributed by atoms with Gasteiger partial charge in [-0.3, -0.25) is 4.90 Å². The van der Waals surface area contributed by atoms with Crippen LogP contribution >= 0.6 is 0 Å². The monoisotopic (exact) mass is 242 g/mol. The number of hydrogen-bond acceptors (Lipinski definition) is 4. The molecule has 0 aromatic heterocycles. The lowest BCUT2D eigenvalue weighted by Gasteiger charge is -2.43.